The molecule has 134 valence electrons. The zero-order chi connectivity index (χ0) is 18.4. The topological polar surface area (TPSA) is 105 Å². The van der Waals surface area contributed by atoms with Crippen LogP contribution in [0.5, 0.6) is 0 Å². The number of nitrogens with zero attached hydrogens (tertiary/aromatic N) is 4. The number of rotatable bonds is 7. The molecule has 8 nitrogen and oxygen atoms in total. The third kappa shape index (κ3) is 4.73. The Hall–Kier alpha value is -3.07. The van der Waals surface area contributed by atoms with Gasteiger partial charge in [0, 0.05) is 25.4 Å². The normalized spacial score (nSPS) is 10.4. The van der Waals surface area contributed by atoms with Crippen molar-refractivity contribution < 1.29 is 4.79 Å². The molecule has 3 N–H and O–H groups in total. The Labute approximate surface area is 155 Å². The van der Waals surface area contributed by atoms with Gasteiger partial charge in [0.1, 0.15) is 28.7 Å². The molecule has 3 aromatic heterocycles. The molecule has 0 saturated carbocycles. The molecule has 0 aliphatic carbocycles. The number of pyridine rings is 1. The number of amides is 1. The largest absolute Gasteiger partial charge is 0.368 e. The fraction of sp³-hybridized carbons (Fsp3) is 0.235. The summed E-state index contributed by atoms with van der Waals surface area (Å²) >= 11 is 1.34. The van der Waals surface area contributed by atoms with Crippen LogP contribution >= 0.6 is 11.3 Å². The van der Waals surface area contributed by atoms with Gasteiger partial charge >= 0.3 is 0 Å². The van der Waals surface area contributed by atoms with Gasteiger partial charge in [-0.1, -0.05) is 0 Å². The molecule has 0 aliphatic heterocycles. The maximum absolute atomic E-state index is 12.0. The third-order valence-corrected chi connectivity index (χ3v) is 4.43. The Morgan fingerprint density at radius 2 is 1.85 bits per heavy atom. The van der Waals surface area contributed by atoms with Gasteiger partial charge < -0.3 is 16.0 Å². The van der Waals surface area contributed by atoms with Gasteiger partial charge in [-0.2, -0.15) is 0 Å². The van der Waals surface area contributed by atoms with E-state index < -0.39 is 0 Å². The minimum Gasteiger partial charge on any atom is -0.368 e. The van der Waals surface area contributed by atoms with Crippen molar-refractivity contribution in [3.8, 4) is 0 Å². The van der Waals surface area contributed by atoms with E-state index in [2.05, 4.69) is 35.9 Å². The van der Waals surface area contributed by atoms with E-state index >= 15 is 0 Å². The van der Waals surface area contributed by atoms with Gasteiger partial charge in [-0.15, -0.1) is 11.3 Å². The fourth-order valence-electron chi connectivity index (χ4n) is 2.22. The quantitative estimate of drug-likeness (QED) is 0.550. The van der Waals surface area contributed by atoms with E-state index in [-0.39, 0.29) is 5.91 Å². The van der Waals surface area contributed by atoms with Crippen molar-refractivity contribution in [2.75, 3.05) is 23.7 Å². The number of aromatic nitrogens is 4. The van der Waals surface area contributed by atoms with Crippen molar-refractivity contribution in [2.45, 2.75) is 13.8 Å². The van der Waals surface area contributed by atoms with Gasteiger partial charge in [-0.3, -0.25) is 4.79 Å². The molecular weight excluding hydrogens is 350 g/mol. The van der Waals surface area contributed by atoms with Crippen LogP contribution in [0, 0.1) is 13.8 Å². The van der Waals surface area contributed by atoms with Gasteiger partial charge in [-0.25, -0.2) is 19.9 Å². The molecule has 3 rings (SSSR count). The molecule has 26 heavy (non-hydrogen) atoms. The van der Waals surface area contributed by atoms with E-state index in [0.29, 0.717) is 29.6 Å². The molecule has 0 unspecified atom stereocenters. The number of thiazole rings is 1. The van der Waals surface area contributed by atoms with Crippen molar-refractivity contribution in [3.05, 3.63) is 52.4 Å². The van der Waals surface area contributed by atoms with Crippen LogP contribution in [0.3, 0.4) is 0 Å². The molecule has 0 fully saturated rings. The molecule has 3 aromatic rings. The average Bonchev–Trinajstić information content (AvgIpc) is 3.05. The first kappa shape index (κ1) is 17.7. The Bertz CT molecular complexity index is 896. The standard InChI is InChI=1S/C17H19N7OS/c1-11-3-4-18-14(7-11)24-15-8-13(21-9-22-15)19-5-6-20-17(25)16-12(2)23-10-26-16/h3-4,7-10H,5-6H2,1-2H3,(H,20,25)(H2,18,19,21,22,24). The van der Waals surface area contributed by atoms with Crippen molar-refractivity contribution in [1.82, 2.24) is 25.3 Å². The first-order valence-corrected chi connectivity index (χ1v) is 8.93. The lowest BCUT2D eigenvalue weighted by atomic mass is 10.3. The van der Waals surface area contributed by atoms with Crippen LogP contribution < -0.4 is 16.0 Å². The molecule has 0 aromatic carbocycles. The van der Waals surface area contributed by atoms with E-state index in [0.717, 1.165) is 17.1 Å². The number of anilines is 3. The average molecular weight is 369 g/mol. The Kier molecular flexibility index (Phi) is 5.69. The highest BCUT2D eigenvalue weighted by Gasteiger charge is 2.10. The zero-order valence-electron chi connectivity index (χ0n) is 14.5. The number of carbonyl (C=O) groups is 1. The fourth-order valence-corrected chi connectivity index (χ4v) is 2.94. The van der Waals surface area contributed by atoms with Crippen LogP contribution in [0.25, 0.3) is 0 Å². The van der Waals surface area contributed by atoms with E-state index in [1.54, 1.807) is 17.8 Å². The van der Waals surface area contributed by atoms with Gasteiger partial charge in [-0.05, 0) is 31.5 Å². The maximum atomic E-state index is 12.0. The van der Waals surface area contributed by atoms with E-state index in [9.17, 15) is 4.79 Å². The summed E-state index contributed by atoms with van der Waals surface area (Å²) < 4.78 is 0. The Balaban J connectivity index is 1.49. The molecule has 3 heterocycles. The molecule has 0 radical (unpaired) electrons. The van der Waals surface area contributed by atoms with E-state index in [1.807, 2.05) is 26.0 Å². The highest BCUT2D eigenvalue weighted by Crippen LogP contribution is 2.15. The second-order valence-corrected chi connectivity index (χ2v) is 6.44. The summed E-state index contributed by atoms with van der Waals surface area (Å²) in [5, 5.41) is 9.16. The minimum atomic E-state index is -0.109. The number of hydrogen-bond acceptors (Lipinski definition) is 8. The van der Waals surface area contributed by atoms with Gasteiger partial charge in [0.2, 0.25) is 0 Å². The molecule has 0 bridgehead atoms. The molecule has 0 saturated heterocycles. The maximum Gasteiger partial charge on any atom is 0.263 e. The highest BCUT2D eigenvalue weighted by atomic mass is 32.1. The van der Waals surface area contributed by atoms with Crippen molar-refractivity contribution in [3.63, 3.8) is 0 Å². The predicted octanol–water partition coefficient (Wildman–Crippen LogP) is 2.53. The molecular formula is C17H19N7OS. The lowest BCUT2D eigenvalue weighted by molar-refractivity contribution is 0.0958. The first-order valence-electron chi connectivity index (χ1n) is 8.05. The zero-order valence-corrected chi connectivity index (χ0v) is 15.3. The van der Waals surface area contributed by atoms with Crippen LogP contribution in [-0.4, -0.2) is 38.9 Å². The SMILES string of the molecule is Cc1ccnc(Nc2cc(NCCNC(=O)c3scnc3C)ncn2)c1. The summed E-state index contributed by atoms with van der Waals surface area (Å²) in [7, 11) is 0. The van der Waals surface area contributed by atoms with Crippen LogP contribution in [-0.2, 0) is 0 Å². The minimum absolute atomic E-state index is 0.109. The molecule has 9 heteroatoms. The first-order chi connectivity index (χ1) is 12.6. The van der Waals surface area contributed by atoms with Crippen molar-refractivity contribution in [2.24, 2.45) is 0 Å². The number of nitrogens with one attached hydrogen (secondary N) is 3. The number of hydrogen-bond donors (Lipinski definition) is 3. The summed E-state index contributed by atoms with van der Waals surface area (Å²) in [5.41, 5.74) is 3.53. The van der Waals surface area contributed by atoms with Crippen LogP contribution in [0.15, 0.2) is 36.2 Å². The van der Waals surface area contributed by atoms with Crippen molar-refractivity contribution in [1.29, 1.82) is 0 Å². The highest BCUT2D eigenvalue weighted by molar-refractivity contribution is 7.11. The van der Waals surface area contributed by atoms with Gasteiger partial charge in [0.05, 0.1) is 11.2 Å². The molecule has 1 amide bonds. The summed E-state index contributed by atoms with van der Waals surface area (Å²) in [6.07, 6.45) is 3.21. The van der Waals surface area contributed by atoms with Crippen LogP contribution in [0.1, 0.15) is 20.9 Å². The summed E-state index contributed by atoms with van der Waals surface area (Å²) in [6.45, 7) is 4.84. The van der Waals surface area contributed by atoms with E-state index in [1.165, 1.54) is 17.7 Å². The second-order valence-electron chi connectivity index (χ2n) is 5.58. The summed E-state index contributed by atoms with van der Waals surface area (Å²) in [5.74, 6) is 1.92. The number of aryl methyl sites for hydroxylation is 2. The van der Waals surface area contributed by atoms with Gasteiger partial charge in [0.25, 0.3) is 5.91 Å². The lowest BCUT2D eigenvalue weighted by Crippen LogP contribution is -2.28. The summed E-state index contributed by atoms with van der Waals surface area (Å²) in [4.78, 5) is 29.3. The summed E-state index contributed by atoms with van der Waals surface area (Å²) in [6, 6.07) is 5.66. The predicted molar refractivity (Wildman–Crippen MR) is 102 cm³/mol. The van der Waals surface area contributed by atoms with Crippen LogP contribution in [0.2, 0.25) is 0 Å². The molecule has 0 spiro atoms. The monoisotopic (exact) mass is 369 g/mol. The third-order valence-electron chi connectivity index (χ3n) is 3.51. The molecule has 0 aliphatic rings. The smallest absolute Gasteiger partial charge is 0.263 e. The van der Waals surface area contributed by atoms with Crippen LogP contribution in [0.4, 0.5) is 17.5 Å². The van der Waals surface area contributed by atoms with Gasteiger partial charge in [0.15, 0.2) is 0 Å². The Morgan fingerprint density at radius 1 is 1.04 bits per heavy atom. The Morgan fingerprint density at radius 3 is 2.62 bits per heavy atom. The van der Waals surface area contributed by atoms with E-state index in [4.69, 9.17) is 0 Å². The second kappa shape index (κ2) is 8.34. The lowest BCUT2D eigenvalue weighted by Gasteiger charge is -2.09. The molecule has 0 atom stereocenters. The number of carbonyl (C=O) groups excluding carboxylic acids is 1. The van der Waals surface area contributed by atoms with Crippen molar-refractivity contribution >= 4 is 34.7 Å².